The number of halogens is 1. The van der Waals surface area contributed by atoms with E-state index in [-0.39, 0.29) is 16.9 Å². The molecule has 0 amide bonds. The quantitative estimate of drug-likeness (QED) is 0.739. The van der Waals surface area contributed by atoms with Gasteiger partial charge in [-0.25, -0.2) is 13.6 Å². The Balaban J connectivity index is 2.15. The third-order valence-electron chi connectivity index (χ3n) is 4.20. The van der Waals surface area contributed by atoms with Gasteiger partial charge in [0.05, 0.1) is 4.90 Å². The van der Waals surface area contributed by atoms with Crippen molar-refractivity contribution in [2.45, 2.75) is 43.7 Å². The Morgan fingerprint density at radius 2 is 2.16 bits per heavy atom. The third kappa shape index (κ3) is 4.92. The lowest BCUT2D eigenvalue weighted by atomic mass is 9.91. The van der Waals surface area contributed by atoms with Crippen LogP contribution in [0.5, 0.6) is 0 Å². The van der Waals surface area contributed by atoms with Crippen molar-refractivity contribution in [3.8, 4) is 6.07 Å². The molecule has 0 aliphatic heterocycles. The topological polar surface area (TPSA) is 86.0 Å². The molecule has 1 aromatic carbocycles. The summed E-state index contributed by atoms with van der Waals surface area (Å²) in [6.45, 7) is 4.44. The number of nitrogens with zero attached hydrogens (tertiary/aromatic N) is 2. The molecule has 0 radical (unpaired) electrons. The van der Waals surface area contributed by atoms with E-state index in [9.17, 15) is 13.2 Å². The first-order chi connectivity index (χ1) is 12.0. The minimum Gasteiger partial charge on any atom is -0.309 e. The molecule has 2 rings (SSSR count). The molecule has 1 aromatic heterocycles. The first-order valence-corrected chi connectivity index (χ1v) is 9.05. The zero-order chi connectivity index (χ0) is 18.4. The second-order valence-corrected chi connectivity index (χ2v) is 6.72. The molecule has 0 saturated heterocycles. The van der Waals surface area contributed by atoms with Crippen LogP contribution in [0.25, 0.3) is 0 Å². The lowest BCUT2D eigenvalue weighted by molar-refractivity contribution is 0.430. The summed E-state index contributed by atoms with van der Waals surface area (Å²) in [6, 6.07) is 9.31. The van der Waals surface area contributed by atoms with Crippen LogP contribution in [0.15, 0.2) is 41.4 Å². The number of benzene rings is 1. The molecule has 132 valence electrons. The summed E-state index contributed by atoms with van der Waals surface area (Å²) in [5.41, 5.74) is 1.81. The van der Waals surface area contributed by atoms with Crippen LogP contribution in [-0.4, -0.2) is 19.8 Å². The molecule has 3 unspecified atom stereocenters. The van der Waals surface area contributed by atoms with Crippen molar-refractivity contribution in [2.24, 2.45) is 0 Å². The van der Waals surface area contributed by atoms with E-state index in [2.05, 4.69) is 10.3 Å². The molecular weight excluding hydrogens is 341 g/mol. The molecule has 0 bridgehead atoms. The Labute approximate surface area is 149 Å². The third-order valence-corrected chi connectivity index (χ3v) is 4.95. The Bertz CT molecular complexity index is 790. The molecular formula is C18H20FN3O2S. The van der Waals surface area contributed by atoms with E-state index in [1.807, 2.05) is 26.0 Å². The summed E-state index contributed by atoms with van der Waals surface area (Å²) in [5.74, 6) is -0.583. The van der Waals surface area contributed by atoms with Gasteiger partial charge in [-0.2, -0.15) is 5.26 Å². The highest BCUT2D eigenvalue weighted by molar-refractivity contribution is 7.79. The molecule has 1 heterocycles. The standard InChI is InChI=1S/C18H20FN3O2S/c1-3-17(22-11-13-4-6-15(9-20)21-10-13)12(2)16-8-14(19)5-7-18(16)25(23)24/h4-8,10,12,17,22H,3,11H2,1-2H3,(H,23,24). The molecule has 0 aliphatic carbocycles. The fourth-order valence-corrected chi connectivity index (χ4v) is 3.40. The summed E-state index contributed by atoms with van der Waals surface area (Å²) in [6.07, 6.45) is 2.40. The average Bonchev–Trinajstić information content (AvgIpc) is 2.62. The second-order valence-electron chi connectivity index (χ2n) is 5.78. The summed E-state index contributed by atoms with van der Waals surface area (Å²) < 4.78 is 34.6. The summed E-state index contributed by atoms with van der Waals surface area (Å²) in [7, 11) is 0. The smallest absolute Gasteiger partial charge is 0.186 e. The van der Waals surface area contributed by atoms with E-state index in [1.165, 1.54) is 18.2 Å². The van der Waals surface area contributed by atoms with Crippen molar-refractivity contribution in [1.29, 1.82) is 5.26 Å². The van der Waals surface area contributed by atoms with Gasteiger partial charge >= 0.3 is 0 Å². The van der Waals surface area contributed by atoms with E-state index in [0.717, 1.165) is 12.0 Å². The first-order valence-electron chi connectivity index (χ1n) is 7.95. The Hall–Kier alpha value is -2.14. The van der Waals surface area contributed by atoms with Crippen LogP contribution in [0.3, 0.4) is 0 Å². The molecule has 0 aliphatic rings. The number of nitrogens with one attached hydrogen (secondary N) is 1. The molecule has 2 aromatic rings. The van der Waals surface area contributed by atoms with Gasteiger partial charge in [0.2, 0.25) is 0 Å². The molecule has 7 heteroatoms. The number of rotatable bonds is 7. The molecule has 0 spiro atoms. The molecule has 0 fully saturated rings. The van der Waals surface area contributed by atoms with Crippen LogP contribution >= 0.6 is 0 Å². The maximum absolute atomic E-state index is 13.6. The average molecular weight is 361 g/mol. The van der Waals surface area contributed by atoms with Crippen molar-refractivity contribution >= 4 is 11.1 Å². The summed E-state index contributed by atoms with van der Waals surface area (Å²) in [5, 5.41) is 12.2. The van der Waals surface area contributed by atoms with Gasteiger partial charge < -0.3 is 9.87 Å². The molecule has 2 N–H and O–H groups in total. The number of hydrogen-bond donors (Lipinski definition) is 2. The maximum Gasteiger partial charge on any atom is 0.186 e. The van der Waals surface area contributed by atoms with Gasteiger partial charge in [0.1, 0.15) is 17.6 Å². The van der Waals surface area contributed by atoms with Gasteiger partial charge in [-0.1, -0.05) is 19.9 Å². The first kappa shape index (κ1) is 19.2. The van der Waals surface area contributed by atoms with Crippen LogP contribution in [0.1, 0.15) is 43.0 Å². The summed E-state index contributed by atoms with van der Waals surface area (Å²) in [4.78, 5) is 4.26. The highest BCUT2D eigenvalue weighted by Crippen LogP contribution is 2.27. The van der Waals surface area contributed by atoms with E-state index in [4.69, 9.17) is 5.26 Å². The number of aromatic nitrogens is 1. The SMILES string of the molecule is CCC(NCc1ccc(C#N)nc1)C(C)c1cc(F)ccc1S(=O)O. The zero-order valence-corrected chi connectivity index (χ0v) is 14.9. The van der Waals surface area contributed by atoms with Crippen molar-refractivity contribution in [1.82, 2.24) is 10.3 Å². The minimum atomic E-state index is -2.17. The maximum atomic E-state index is 13.6. The largest absolute Gasteiger partial charge is 0.309 e. The predicted molar refractivity (Wildman–Crippen MR) is 93.7 cm³/mol. The van der Waals surface area contributed by atoms with Gasteiger partial charge in [0, 0.05) is 18.8 Å². The van der Waals surface area contributed by atoms with Crippen LogP contribution in [0, 0.1) is 17.1 Å². The normalized spacial score (nSPS) is 14.5. The Morgan fingerprint density at radius 1 is 1.40 bits per heavy atom. The fourth-order valence-electron chi connectivity index (χ4n) is 2.77. The van der Waals surface area contributed by atoms with Crippen LogP contribution in [0.4, 0.5) is 4.39 Å². The monoisotopic (exact) mass is 361 g/mol. The molecule has 0 saturated carbocycles. The van der Waals surface area contributed by atoms with E-state index in [0.29, 0.717) is 17.8 Å². The van der Waals surface area contributed by atoms with Crippen molar-refractivity contribution in [3.05, 3.63) is 59.2 Å². The Kier molecular flexibility index (Phi) is 6.76. The molecule has 25 heavy (non-hydrogen) atoms. The van der Waals surface area contributed by atoms with Gasteiger partial charge in [0.25, 0.3) is 0 Å². The number of hydrogen-bond acceptors (Lipinski definition) is 4. The van der Waals surface area contributed by atoms with Crippen molar-refractivity contribution < 1.29 is 13.2 Å². The lowest BCUT2D eigenvalue weighted by Gasteiger charge is -2.26. The van der Waals surface area contributed by atoms with E-state index in [1.54, 1.807) is 12.3 Å². The second kappa shape index (κ2) is 8.81. The number of pyridine rings is 1. The minimum absolute atomic E-state index is 0.0141. The van der Waals surface area contributed by atoms with Crippen molar-refractivity contribution in [2.75, 3.05) is 0 Å². The predicted octanol–water partition coefficient (Wildman–Crippen LogP) is 3.34. The molecule has 5 nitrogen and oxygen atoms in total. The lowest BCUT2D eigenvalue weighted by Crippen LogP contribution is -2.33. The van der Waals surface area contributed by atoms with E-state index >= 15 is 0 Å². The van der Waals surface area contributed by atoms with Crippen molar-refractivity contribution in [3.63, 3.8) is 0 Å². The fraction of sp³-hybridized carbons (Fsp3) is 0.333. The van der Waals surface area contributed by atoms with Crippen LogP contribution in [-0.2, 0) is 17.6 Å². The summed E-state index contributed by atoms with van der Waals surface area (Å²) >= 11 is -2.17. The van der Waals surface area contributed by atoms with Gasteiger partial charge in [0.15, 0.2) is 11.1 Å². The van der Waals surface area contributed by atoms with Gasteiger partial charge in [-0.05, 0) is 47.7 Å². The zero-order valence-electron chi connectivity index (χ0n) is 14.1. The highest BCUT2D eigenvalue weighted by Gasteiger charge is 2.22. The van der Waals surface area contributed by atoms with Crippen LogP contribution in [0.2, 0.25) is 0 Å². The van der Waals surface area contributed by atoms with E-state index < -0.39 is 16.9 Å². The van der Waals surface area contributed by atoms with Gasteiger partial charge in [-0.15, -0.1) is 0 Å². The highest BCUT2D eigenvalue weighted by atomic mass is 32.2. The van der Waals surface area contributed by atoms with Gasteiger partial charge in [-0.3, -0.25) is 0 Å². The number of nitriles is 1. The molecule has 3 atom stereocenters. The Morgan fingerprint density at radius 3 is 2.72 bits per heavy atom. The van der Waals surface area contributed by atoms with Crippen LogP contribution < -0.4 is 5.32 Å².